The summed E-state index contributed by atoms with van der Waals surface area (Å²) in [5.74, 6) is -1.25. The molecule has 0 aliphatic carbocycles. The maximum Gasteiger partial charge on any atom is 0.131 e. The summed E-state index contributed by atoms with van der Waals surface area (Å²) in [6, 6.07) is 10.0. The lowest BCUT2D eigenvalue weighted by atomic mass is 9.99. The molecular formula is C13H10BrF2N. The largest absolute Gasteiger partial charge is 0.320 e. The molecule has 2 aromatic rings. The smallest absolute Gasteiger partial charge is 0.131 e. The van der Waals surface area contributed by atoms with Gasteiger partial charge >= 0.3 is 0 Å². The normalized spacial score (nSPS) is 12.5. The van der Waals surface area contributed by atoms with Crippen molar-refractivity contribution in [1.29, 1.82) is 0 Å². The van der Waals surface area contributed by atoms with Gasteiger partial charge in [-0.3, -0.25) is 0 Å². The summed E-state index contributed by atoms with van der Waals surface area (Å²) < 4.78 is 27.9. The van der Waals surface area contributed by atoms with Crippen LogP contribution in [0.3, 0.4) is 0 Å². The maximum absolute atomic E-state index is 13.6. The van der Waals surface area contributed by atoms with Crippen LogP contribution in [-0.4, -0.2) is 0 Å². The third-order valence-corrected chi connectivity index (χ3v) is 3.01. The summed E-state index contributed by atoms with van der Waals surface area (Å²) in [5, 5.41) is 0. The van der Waals surface area contributed by atoms with E-state index in [0.717, 1.165) is 4.47 Å². The summed E-state index contributed by atoms with van der Waals surface area (Å²) in [6.45, 7) is 0. The molecule has 0 aliphatic heterocycles. The first-order chi connectivity index (χ1) is 8.09. The van der Waals surface area contributed by atoms with E-state index in [-0.39, 0.29) is 5.56 Å². The van der Waals surface area contributed by atoms with Gasteiger partial charge in [0.05, 0.1) is 6.04 Å². The van der Waals surface area contributed by atoms with Crippen LogP contribution in [0.2, 0.25) is 0 Å². The van der Waals surface area contributed by atoms with E-state index in [0.29, 0.717) is 5.56 Å². The van der Waals surface area contributed by atoms with E-state index >= 15 is 0 Å². The molecule has 0 saturated heterocycles. The van der Waals surface area contributed by atoms with Gasteiger partial charge in [-0.25, -0.2) is 8.78 Å². The lowest BCUT2D eigenvalue weighted by Crippen LogP contribution is -2.15. The highest BCUT2D eigenvalue weighted by Gasteiger charge is 2.18. The Morgan fingerprint density at radius 3 is 2.18 bits per heavy atom. The number of hydrogen-bond acceptors (Lipinski definition) is 1. The molecule has 1 nitrogen and oxygen atoms in total. The van der Waals surface area contributed by atoms with Crippen LogP contribution >= 0.6 is 15.9 Å². The lowest BCUT2D eigenvalue weighted by Gasteiger charge is -2.14. The molecule has 0 saturated carbocycles. The van der Waals surface area contributed by atoms with Crippen LogP contribution in [-0.2, 0) is 0 Å². The highest BCUT2D eigenvalue weighted by atomic mass is 79.9. The molecule has 88 valence electrons. The van der Waals surface area contributed by atoms with Crippen molar-refractivity contribution in [1.82, 2.24) is 0 Å². The van der Waals surface area contributed by atoms with Crippen molar-refractivity contribution in [2.45, 2.75) is 6.04 Å². The van der Waals surface area contributed by atoms with Gasteiger partial charge in [0, 0.05) is 10.0 Å². The van der Waals surface area contributed by atoms with E-state index in [9.17, 15) is 8.78 Å². The van der Waals surface area contributed by atoms with Gasteiger partial charge in [-0.05, 0) is 29.8 Å². The zero-order valence-corrected chi connectivity index (χ0v) is 10.4. The molecule has 0 radical (unpaired) electrons. The molecule has 0 fully saturated rings. The van der Waals surface area contributed by atoms with Crippen molar-refractivity contribution in [3.63, 3.8) is 0 Å². The van der Waals surface area contributed by atoms with Gasteiger partial charge in [-0.2, -0.15) is 0 Å². The monoisotopic (exact) mass is 297 g/mol. The van der Waals surface area contributed by atoms with Crippen LogP contribution in [0.4, 0.5) is 8.78 Å². The summed E-state index contributed by atoms with van der Waals surface area (Å²) in [7, 11) is 0. The summed E-state index contributed by atoms with van der Waals surface area (Å²) >= 11 is 3.30. The van der Waals surface area contributed by atoms with Crippen molar-refractivity contribution < 1.29 is 8.78 Å². The van der Waals surface area contributed by atoms with E-state index in [1.165, 1.54) is 18.2 Å². The van der Waals surface area contributed by atoms with Gasteiger partial charge in [0.1, 0.15) is 11.6 Å². The fourth-order valence-electron chi connectivity index (χ4n) is 1.67. The average molecular weight is 298 g/mol. The van der Waals surface area contributed by atoms with Gasteiger partial charge in [0.15, 0.2) is 0 Å². The Morgan fingerprint density at radius 2 is 1.59 bits per heavy atom. The minimum absolute atomic E-state index is 0.106. The molecule has 0 bridgehead atoms. The van der Waals surface area contributed by atoms with Gasteiger partial charge in [0.25, 0.3) is 0 Å². The Hall–Kier alpha value is -1.26. The second kappa shape index (κ2) is 4.94. The first kappa shape index (κ1) is 12.2. The molecule has 0 spiro atoms. The Balaban J connectivity index is 2.47. The molecule has 4 heteroatoms. The standard InChI is InChI=1S/C13H10BrF2N/c14-9-4-1-3-8(7-9)13(17)12-10(15)5-2-6-11(12)16/h1-7,13H,17H2. The highest BCUT2D eigenvalue weighted by molar-refractivity contribution is 9.10. The van der Waals surface area contributed by atoms with Crippen LogP contribution in [0.25, 0.3) is 0 Å². The number of nitrogens with two attached hydrogens (primary N) is 1. The number of halogens is 3. The Labute approximate surface area is 106 Å². The average Bonchev–Trinajstić information content (AvgIpc) is 2.28. The summed E-state index contributed by atoms with van der Waals surface area (Å²) in [6.07, 6.45) is 0. The van der Waals surface area contributed by atoms with Gasteiger partial charge in [-0.1, -0.05) is 34.1 Å². The van der Waals surface area contributed by atoms with E-state index in [1.54, 1.807) is 18.2 Å². The SMILES string of the molecule is NC(c1cccc(Br)c1)c1c(F)cccc1F. The lowest BCUT2D eigenvalue weighted by molar-refractivity contribution is 0.543. The van der Waals surface area contributed by atoms with Crippen LogP contribution in [0.15, 0.2) is 46.9 Å². The van der Waals surface area contributed by atoms with E-state index < -0.39 is 17.7 Å². The predicted octanol–water partition coefficient (Wildman–Crippen LogP) is 3.78. The van der Waals surface area contributed by atoms with Gasteiger partial charge in [0.2, 0.25) is 0 Å². The second-order valence-electron chi connectivity index (χ2n) is 3.67. The second-order valence-corrected chi connectivity index (χ2v) is 4.58. The quantitative estimate of drug-likeness (QED) is 0.897. The molecule has 1 atom stereocenters. The first-order valence-corrected chi connectivity index (χ1v) is 5.84. The minimum Gasteiger partial charge on any atom is -0.320 e. The third-order valence-electron chi connectivity index (χ3n) is 2.52. The fraction of sp³-hybridized carbons (Fsp3) is 0.0769. The van der Waals surface area contributed by atoms with E-state index in [4.69, 9.17) is 5.73 Å². The molecule has 0 heterocycles. The summed E-state index contributed by atoms with van der Waals surface area (Å²) in [4.78, 5) is 0. The van der Waals surface area contributed by atoms with Gasteiger partial charge < -0.3 is 5.73 Å². The molecule has 2 rings (SSSR count). The van der Waals surface area contributed by atoms with Gasteiger partial charge in [-0.15, -0.1) is 0 Å². The van der Waals surface area contributed by atoms with E-state index in [2.05, 4.69) is 15.9 Å². The van der Waals surface area contributed by atoms with E-state index in [1.807, 2.05) is 6.07 Å². The van der Waals surface area contributed by atoms with Crippen LogP contribution < -0.4 is 5.73 Å². The molecule has 0 aromatic heterocycles. The van der Waals surface area contributed by atoms with Crippen molar-refractivity contribution in [3.8, 4) is 0 Å². The number of hydrogen-bond donors (Lipinski definition) is 1. The van der Waals surface area contributed by atoms with Crippen molar-refractivity contribution in [2.75, 3.05) is 0 Å². The molecular weight excluding hydrogens is 288 g/mol. The van der Waals surface area contributed by atoms with Crippen molar-refractivity contribution in [3.05, 3.63) is 69.7 Å². The third kappa shape index (κ3) is 2.53. The molecule has 0 amide bonds. The summed E-state index contributed by atoms with van der Waals surface area (Å²) in [5.41, 5.74) is 6.44. The van der Waals surface area contributed by atoms with Crippen LogP contribution in [0, 0.1) is 11.6 Å². The van der Waals surface area contributed by atoms with Crippen molar-refractivity contribution in [2.24, 2.45) is 5.73 Å². The molecule has 17 heavy (non-hydrogen) atoms. The molecule has 1 unspecified atom stereocenters. The Morgan fingerprint density at radius 1 is 1.00 bits per heavy atom. The predicted molar refractivity (Wildman–Crippen MR) is 66.5 cm³/mol. The highest BCUT2D eigenvalue weighted by Crippen LogP contribution is 2.26. The number of benzene rings is 2. The zero-order valence-electron chi connectivity index (χ0n) is 8.83. The first-order valence-electron chi connectivity index (χ1n) is 5.04. The van der Waals surface area contributed by atoms with Crippen molar-refractivity contribution >= 4 is 15.9 Å². The number of rotatable bonds is 2. The fourth-order valence-corrected chi connectivity index (χ4v) is 2.09. The maximum atomic E-state index is 13.6. The topological polar surface area (TPSA) is 26.0 Å². The molecule has 2 aromatic carbocycles. The van der Waals surface area contributed by atoms with Crippen LogP contribution in [0.5, 0.6) is 0 Å². The Kier molecular flexibility index (Phi) is 3.54. The van der Waals surface area contributed by atoms with Crippen LogP contribution in [0.1, 0.15) is 17.2 Å². The zero-order chi connectivity index (χ0) is 12.4. The molecule has 0 aliphatic rings. The minimum atomic E-state index is -0.811. The molecule has 2 N–H and O–H groups in total. The Bertz CT molecular complexity index is 522.